The summed E-state index contributed by atoms with van der Waals surface area (Å²) in [4.78, 5) is 0. The van der Waals surface area contributed by atoms with Crippen LogP contribution in [0.5, 0.6) is 5.75 Å². The van der Waals surface area contributed by atoms with Crippen LogP contribution < -0.4 is 15.2 Å². The standard InChI is InChI=1S/C24H27ClF2N2O3S/c25-17-3-1-15(2-4-17)11-24-10-9-23(28,14-29-33(30,31)18-5-6-18)12-16(24)13-32-22-20(27)8-7-19(26)21(22)24/h1-4,7-8,16,18,29H,5-6,9-14,28H2/t16-,23+,24+/m0/s1. The summed E-state index contributed by atoms with van der Waals surface area (Å²) < 4.78 is 63.0. The van der Waals surface area contributed by atoms with Gasteiger partial charge in [0.2, 0.25) is 10.0 Å². The van der Waals surface area contributed by atoms with E-state index in [1.54, 1.807) is 12.1 Å². The van der Waals surface area contributed by atoms with Crippen molar-refractivity contribution >= 4 is 21.6 Å². The van der Waals surface area contributed by atoms with Gasteiger partial charge in [-0.15, -0.1) is 0 Å². The van der Waals surface area contributed by atoms with Crippen LogP contribution in [0.4, 0.5) is 8.78 Å². The molecule has 3 N–H and O–H groups in total. The lowest BCUT2D eigenvalue weighted by atomic mass is 9.55. The molecule has 2 aromatic rings. The highest BCUT2D eigenvalue weighted by Gasteiger charge is 2.54. The molecule has 0 spiro atoms. The van der Waals surface area contributed by atoms with Crippen molar-refractivity contribution in [1.29, 1.82) is 0 Å². The number of sulfonamides is 1. The maximum absolute atomic E-state index is 15.2. The van der Waals surface area contributed by atoms with Crippen molar-refractivity contribution in [3.8, 4) is 5.75 Å². The number of fused-ring (bicyclic) bond motifs is 3. The Balaban J connectivity index is 1.49. The molecular weight excluding hydrogens is 470 g/mol. The molecule has 0 bridgehead atoms. The van der Waals surface area contributed by atoms with Gasteiger partial charge < -0.3 is 10.5 Å². The quantitative estimate of drug-likeness (QED) is 0.631. The number of hydrogen-bond acceptors (Lipinski definition) is 4. The number of hydrogen-bond donors (Lipinski definition) is 2. The van der Waals surface area contributed by atoms with Crippen molar-refractivity contribution in [1.82, 2.24) is 4.72 Å². The third-order valence-corrected chi connectivity index (χ3v) is 9.66. The molecule has 5 nitrogen and oxygen atoms in total. The second-order valence-electron chi connectivity index (χ2n) is 9.83. The lowest BCUT2D eigenvalue weighted by Gasteiger charge is -2.53. The molecule has 2 aromatic carbocycles. The van der Waals surface area contributed by atoms with Crippen LogP contribution in [0.15, 0.2) is 36.4 Å². The zero-order valence-electron chi connectivity index (χ0n) is 18.1. The maximum Gasteiger partial charge on any atom is 0.214 e. The Bertz CT molecular complexity index is 1170. The Labute approximate surface area is 197 Å². The first kappa shape index (κ1) is 23.0. The molecule has 2 saturated carbocycles. The zero-order chi connectivity index (χ0) is 23.4. The molecule has 0 unspecified atom stereocenters. The summed E-state index contributed by atoms with van der Waals surface area (Å²) in [6, 6.07) is 9.61. The van der Waals surface area contributed by atoms with Gasteiger partial charge in [0, 0.05) is 34.0 Å². The van der Waals surface area contributed by atoms with Gasteiger partial charge >= 0.3 is 0 Å². The average molecular weight is 497 g/mol. The summed E-state index contributed by atoms with van der Waals surface area (Å²) >= 11 is 6.05. The topological polar surface area (TPSA) is 81.4 Å². The van der Waals surface area contributed by atoms with E-state index in [2.05, 4.69) is 4.72 Å². The van der Waals surface area contributed by atoms with Gasteiger partial charge in [-0.05, 0) is 68.4 Å². The van der Waals surface area contributed by atoms with E-state index in [-0.39, 0.29) is 35.6 Å². The molecule has 5 rings (SSSR count). The molecule has 9 heteroatoms. The molecule has 33 heavy (non-hydrogen) atoms. The summed E-state index contributed by atoms with van der Waals surface area (Å²) in [6.07, 6.45) is 3.22. The van der Waals surface area contributed by atoms with Crippen molar-refractivity contribution in [3.63, 3.8) is 0 Å². The van der Waals surface area contributed by atoms with Crippen molar-refractivity contribution in [2.45, 2.75) is 54.7 Å². The highest BCUT2D eigenvalue weighted by molar-refractivity contribution is 7.90. The van der Waals surface area contributed by atoms with Gasteiger partial charge in [-0.3, -0.25) is 0 Å². The van der Waals surface area contributed by atoms with Crippen molar-refractivity contribution in [2.75, 3.05) is 13.2 Å². The predicted octanol–water partition coefficient (Wildman–Crippen LogP) is 4.07. The van der Waals surface area contributed by atoms with Crippen LogP contribution in [0.1, 0.15) is 43.2 Å². The van der Waals surface area contributed by atoms with Gasteiger partial charge in [-0.1, -0.05) is 23.7 Å². The number of halogens is 3. The molecule has 1 aliphatic heterocycles. The molecule has 2 fully saturated rings. The highest BCUT2D eigenvalue weighted by atomic mass is 35.5. The number of nitrogens with one attached hydrogen (secondary N) is 1. The Kier molecular flexibility index (Phi) is 5.71. The number of benzene rings is 2. The van der Waals surface area contributed by atoms with Crippen LogP contribution in [0.25, 0.3) is 0 Å². The van der Waals surface area contributed by atoms with E-state index in [9.17, 15) is 12.8 Å². The third kappa shape index (κ3) is 4.27. The molecule has 1 heterocycles. The summed E-state index contributed by atoms with van der Waals surface area (Å²) in [5, 5.41) is 0.278. The van der Waals surface area contributed by atoms with E-state index in [4.69, 9.17) is 22.1 Å². The van der Waals surface area contributed by atoms with E-state index >= 15 is 4.39 Å². The molecule has 2 aliphatic carbocycles. The first-order valence-electron chi connectivity index (χ1n) is 11.3. The van der Waals surface area contributed by atoms with Crippen molar-refractivity contribution in [2.24, 2.45) is 11.7 Å². The monoisotopic (exact) mass is 496 g/mol. The Morgan fingerprint density at radius 3 is 2.48 bits per heavy atom. The minimum atomic E-state index is -3.37. The van der Waals surface area contributed by atoms with Crippen LogP contribution in [0, 0.1) is 17.6 Å². The van der Waals surface area contributed by atoms with E-state index in [1.807, 2.05) is 12.1 Å². The van der Waals surface area contributed by atoms with Gasteiger partial charge in [-0.25, -0.2) is 21.9 Å². The van der Waals surface area contributed by atoms with Crippen LogP contribution in [0.2, 0.25) is 5.02 Å². The number of rotatable bonds is 6. The normalized spacial score (nSPS) is 29.2. The molecule has 0 aromatic heterocycles. The SMILES string of the molecule is N[C@]1(CNS(=O)(=O)C2CC2)CC[C@]2(Cc3ccc(Cl)cc3)c3c(F)ccc(F)c3OC[C@@H]2C1. The van der Waals surface area contributed by atoms with Crippen LogP contribution in [0.3, 0.4) is 0 Å². The summed E-state index contributed by atoms with van der Waals surface area (Å²) in [7, 11) is -3.37. The van der Waals surface area contributed by atoms with E-state index in [0.717, 1.165) is 17.7 Å². The van der Waals surface area contributed by atoms with Crippen LogP contribution in [-0.4, -0.2) is 32.4 Å². The van der Waals surface area contributed by atoms with Gasteiger partial charge in [0.1, 0.15) is 5.82 Å². The fraction of sp³-hybridized carbons (Fsp3) is 0.500. The van der Waals surface area contributed by atoms with Crippen molar-refractivity contribution in [3.05, 3.63) is 64.2 Å². The van der Waals surface area contributed by atoms with E-state index in [1.165, 1.54) is 0 Å². The molecule has 0 radical (unpaired) electrons. The smallest absolute Gasteiger partial charge is 0.214 e. The highest BCUT2D eigenvalue weighted by Crippen LogP contribution is 2.55. The molecule has 0 amide bonds. The van der Waals surface area contributed by atoms with E-state index in [0.29, 0.717) is 43.5 Å². The van der Waals surface area contributed by atoms with Crippen molar-refractivity contribution < 1.29 is 21.9 Å². The first-order valence-corrected chi connectivity index (χ1v) is 13.2. The summed E-state index contributed by atoms with van der Waals surface area (Å²) in [5.41, 5.74) is 6.40. The number of nitrogens with two attached hydrogens (primary N) is 1. The second-order valence-corrected chi connectivity index (χ2v) is 12.3. The predicted molar refractivity (Wildman–Crippen MR) is 123 cm³/mol. The minimum absolute atomic E-state index is 0.0285. The van der Waals surface area contributed by atoms with Gasteiger partial charge in [0.05, 0.1) is 11.9 Å². The van der Waals surface area contributed by atoms with E-state index < -0.39 is 32.6 Å². The van der Waals surface area contributed by atoms with Gasteiger partial charge in [0.25, 0.3) is 0 Å². The largest absolute Gasteiger partial charge is 0.490 e. The first-order chi connectivity index (χ1) is 15.6. The Morgan fingerprint density at radius 2 is 1.79 bits per heavy atom. The van der Waals surface area contributed by atoms with Crippen LogP contribution >= 0.6 is 11.6 Å². The van der Waals surface area contributed by atoms with Crippen LogP contribution in [-0.2, 0) is 21.9 Å². The second kappa shape index (κ2) is 8.18. The molecular formula is C24H27ClF2N2O3S. The minimum Gasteiger partial charge on any atom is -0.490 e. The molecule has 178 valence electrons. The zero-order valence-corrected chi connectivity index (χ0v) is 19.7. The van der Waals surface area contributed by atoms with Gasteiger partial charge in [0.15, 0.2) is 11.6 Å². The summed E-state index contributed by atoms with van der Waals surface area (Å²) in [5.74, 6) is -1.31. The average Bonchev–Trinajstić information content (AvgIpc) is 3.63. The lowest BCUT2D eigenvalue weighted by molar-refractivity contribution is 0.0447. The molecule has 3 atom stereocenters. The Hall–Kier alpha value is -1.74. The maximum atomic E-state index is 15.2. The molecule has 3 aliphatic rings. The number of ether oxygens (including phenoxy) is 1. The molecule has 0 saturated heterocycles. The van der Waals surface area contributed by atoms with Gasteiger partial charge in [-0.2, -0.15) is 0 Å². The summed E-state index contributed by atoms with van der Waals surface area (Å²) in [6.45, 7) is 0.313. The third-order valence-electron chi connectivity index (χ3n) is 7.51. The Morgan fingerprint density at radius 1 is 1.09 bits per heavy atom. The fourth-order valence-electron chi connectivity index (χ4n) is 5.52. The lowest BCUT2D eigenvalue weighted by Crippen LogP contribution is -2.60. The fourth-order valence-corrected chi connectivity index (χ4v) is 7.13.